The van der Waals surface area contributed by atoms with Crippen LogP contribution in [-0.4, -0.2) is 37.0 Å². The van der Waals surface area contributed by atoms with Crippen molar-refractivity contribution < 1.29 is 4.79 Å². The van der Waals surface area contributed by atoms with Gasteiger partial charge in [-0.15, -0.1) is 0 Å². The van der Waals surface area contributed by atoms with E-state index in [1.807, 2.05) is 24.1 Å². The fourth-order valence-corrected chi connectivity index (χ4v) is 3.11. The van der Waals surface area contributed by atoms with Crippen molar-refractivity contribution in [2.75, 3.05) is 20.1 Å². The molecule has 1 N–H and O–H groups in total. The monoisotopic (exact) mass is 378 g/mol. The first kappa shape index (κ1) is 14.1. The number of hydrogen-bond donors (Lipinski definition) is 1. The van der Waals surface area contributed by atoms with Gasteiger partial charge in [-0.05, 0) is 60.7 Å². The van der Waals surface area contributed by atoms with E-state index in [9.17, 15) is 4.79 Å². The summed E-state index contributed by atoms with van der Waals surface area (Å²) in [6.45, 7) is 1.69. The number of rotatable bonds is 3. The molecule has 0 saturated carbocycles. The molecular weight excluding hydrogens is 363 g/mol. The quantitative estimate of drug-likeness (QED) is 0.820. The van der Waals surface area contributed by atoms with E-state index >= 15 is 0 Å². The molecule has 0 aliphatic carbocycles. The number of benzene rings is 1. The molecule has 98 valence electrons. The van der Waals surface area contributed by atoms with Gasteiger partial charge in [0.2, 0.25) is 0 Å². The highest BCUT2D eigenvalue weighted by atomic mass is 127. The molecule has 1 saturated heterocycles. The third kappa shape index (κ3) is 2.97. The second-order valence-electron chi connectivity index (χ2n) is 4.48. The molecule has 1 heterocycles. The van der Waals surface area contributed by atoms with E-state index in [0.29, 0.717) is 16.6 Å². The van der Waals surface area contributed by atoms with Gasteiger partial charge in [0.05, 0.1) is 5.56 Å². The van der Waals surface area contributed by atoms with Crippen LogP contribution in [0.5, 0.6) is 0 Å². The summed E-state index contributed by atoms with van der Waals surface area (Å²) in [6.07, 6.45) is 2.15. The second-order valence-corrected chi connectivity index (χ2v) is 6.08. The number of likely N-dealkylation sites (N-methyl/N-ethyl adjacent to an activating group) is 1. The number of likely N-dealkylation sites (tertiary alicyclic amines) is 1. The van der Waals surface area contributed by atoms with Gasteiger partial charge in [-0.25, -0.2) is 0 Å². The Morgan fingerprint density at radius 3 is 3.11 bits per heavy atom. The van der Waals surface area contributed by atoms with Gasteiger partial charge in [0.15, 0.2) is 0 Å². The minimum atomic E-state index is 0.0969. The second kappa shape index (κ2) is 6.21. The summed E-state index contributed by atoms with van der Waals surface area (Å²) in [4.78, 5) is 14.5. The van der Waals surface area contributed by atoms with Crippen molar-refractivity contribution in [3.63, 3.8) is 0 Å². The number of carbonyl (C=O) groups is 1. The average Bonchev–Trinajstić information content (AvgIpc) is 2.80. The van der Waals surface area contributed by atoms with Crippen molar-refractivity contribution in [3.05, 3.63) is 32.4 Å². The lowest BCUT2D eigenvalue weighted by Gasteiger charge is -2.25. The van der Waals surface area contributed by atoms with Crippen LogP contribution < -0.4 is 5.32 Å². The van der Waals surface area contributed by atoms with Crippen molar-refractivity contribution in [1.29, 1.82) is 0 Å². The molecular formula is C13H16ClIN2O. The Hall–Kier alpha value is -0.330. The number of carbonyl (C=O) groups excluding carboxylic acids is 1. The van der Waals surface area contributed by atoms with Crippen LogP contribution in [0.3, 0.4) is 0 Å². The molecule has 0 aromatic heterocycles. The lowest BCUT2D eigenvalue weighted by Crippen LogP contribution is -2.41. The van der Waals surface area contributed by atoms with Crippen molar-refractivity contribution in [3.8, 4) is 0 Å². The summed E-state index contributed by atoms with van der Waals surface area (Å²) in [6, 6.07) is 5.77. The molecule has 3 nitrogen and oxygen atoms in total. The summed E-state index contributed by atoms with van der Waals surface area (Å²) in [5.41, 5.74) is 0.714. The van der Waals surface area contributed by atoms with Crippen molar-refractivity contribution in [2.45, 2.75) is 18.9 Å². The van der Waals surface area contributed by atoms with Gasteiger partial charge in [-0.2, -0.15) is 0 Å². The van der Waals surface area contributed by atoms with Crippen LogP contribution >= 0.6 is 34.2 Å². The third-order valence-corrected chi connectivity index (χ3v) is 4.41. The minimum absolute atomic E-state index is 0.0969. The van der Waals surface area contributed by atoms with E-state index in [4.69, 9.17) is 11.6 Å². The summed E-state index contributed by atoms with van der Waals surface area (Å²) in [5.74, 6) is 0.0969. The zero-order valence-electron chi connectivity index (χ0n) is 10.2. The van der Waals surface area contributed by atoms with Crippen LogP contribution in [-0.2, 0) is 0 Å². The molecule has 1 aliphatic rings. The summed E-state index contributed by atoms with van der Waals surface area (Å²) < 4.78 is 0.956. The van der Waals surface area contributed by atoms with Crippen LogP contribution in [0.2, 0.25) is 5.02 Å². The maximum Gasteiger partial charge on any atom is 0.255 e. The highest BCUT2D eigenvalue weighted by molar-refractivity contribution is 14.1. The Kier molecular flexibility index (Phi) is 4.86. The Morgan fingerprint density at radius 1 is 1.61 bits per heavy atom. The van der Waals surface area contributed by atoms with E-state index in [2.05, 4.69) is 27.9 Å². The van der Waals surface area contributed by atoms with Crippen LogP contribution in [0, 0.1) is 3.57 Å². The average molecular weight is 379 g/mol. The predicted molar refractivity (Wildman–Crippen MR) is 82.2 cm³/mol. The molecule has 0 spiro atoms. The zero-order valence-corrected chi connectivity index (χ0v) is 13.2. The first-order valence-electron chi connectivity index (χ1n) is 6.04. The lowest BCUT2D eigenvalue weighted by atomic mass is 10.1. The van der Waals surface area contributed by atoms with Gasteiger partial charge in [0.1, 0.15) is 0 Å². The number of amides is 1. The van der Waals surface area contributed by atoms with E-state index in [1.54, 1.807) is 6.07 Å². The molecule has 1 atom stereocenters. The summed E-state index contributed by atoms with van der Waals surface area (Å²) in [5, 5.41) is 3.76. The van der Waals surface area contributed by atoms with E-state index in [0.717, 1.165) is 29.5 Å². The normalized spacial score (nSPS) is 19.3. The Labute approximate surface area is 126 Å². The van der Waals surface area contributed by atoms with Crippen molar-refractivity contribution >= 4 is 40.1 Å². The fraction of sp³-hybridized carbons (Fsp3) is 0.462. The van der Waals surface area contributed by atoms with Crippen LogP contribution in [0.15, 0.2) is 18.2 Å². The fourth-order valence-electron chi connectivity index (χ4n) is 2.37. The molecule has 1 aromatic carbocycles. The maximum atomic E-state index is 12.5. The smallest absolute Gasteiger partial charge is 0.255 e. The first-order valence-corrected chi connectivity index (χ1v) is 7.49. The Bertz CT molecular complexity index is 453. The maximum absolute atomic E-state index is 12.5. The van der Waals surface area contributed by atoms with Gasteiger partial charge in [-0.3, -0.25) is 4.79 Å². The molecule has 0 bridgehead atoms. The van der Waals surface area contributed by atoms with Crippen LogP contribution in [0.25, 0.3) is 0 Å². The van der Waals surface area contributed by atoms with Crippen LogP contribution in [0.1, 0.15) is 23.2 Å². The highest BCUT2D eigenvalue weighted by Crippen LogP contribution is 2.24. The van der Waals surface area contributed by atoms with E-state index in [-0.39, 0.29) is 5.91 Å². The molecule has 1 unspecified atom stereocenters. The molecule has 0 radical (unpaired) electrons. The number of nitrogens with one attached hydrogen (secondary N) is 1. The van der Waals surface area contributed by atoms with Gasteiger partial charge in [0.25, 0.3) is 5.91 Å². The molecule has 1 amide bonds. The van der Waals surface area contributed by atoms with E-state index in [1.165, 1.54) is 0 Å². The Balaban J connectivity index is 2.22. The van der Waals surface area contributed by atoms with Crippen molar-refractivity contribution in [1.82, 2.24) is 10.2 Å². The lowest BCUT2D eigenvalue weighted by molar-refractivity contribution is 0.0736. The topological polar surface area (TPSA) is 32.3 Å². The molecule has 1 aromatic rings. The molecule has 1 fully saturated rings. The van der Waals surface area contributed by atoms with Gasteiger partial charge < -0.3 is 10.2 Å². The number of hydrogen-bond acceptors (Lipinski definition) is 2. The SMILES string of the molecule is CNCC1CCCN1C(=O)c1cc(Cl)ccc1I. The summed E-state index contributed by atoms with van der Waals surface area (Å²) >= 11 is 8.16. The first-order chi connectivity index (χ1) is 8.63. The summed E-state index contributed by atoms with van der Waals surface area (Å²) in [7, 11) is 1.92. The van der Waals surface area contributed by atoms with Gasteiger partial charge in [-0.1, -0.05) is 11.6 Å². The zero-order chi connectivity index (χ0) is 13.1. The largest absolute Gasteiger partial charge is 0.334 e. The van der Waals surface area contributed by atoms with Crippen molar-refractivity contribution in [2.24, 2.45) is 0 Å². The number of nitrogens with zero attached hydrogens (tertiary/aromatic N) is 1. The van der Waals surface area contributed by atoms with Gasteiger partial charge >= 0.3 is 0 Å². The highest BCUT2D eigenvalue weighted by Gasteiger charge is 2.29. The van der Waals surface area contributed by atoms with Crippen LogP contribution in [0.4, 0.5) is 0 Å². The molecule has 5 heteroatoms. The number of halogens is 2. The minimum Gasteiger partial charge on any atom is -0.334 e. The molecule has 2 rings (SSSR count). The Morgan fingerprint density at radius 2 is 2.39 bits per heavy atom. The van der Waals surface area contributed by atoms with Gasteiger partial charge in [0, 0.05) is 27.7 Å². The van der Waals surface area contributed by atoms with E-state index < -0.39 is 0 Å². The predicted octanol–water partition coefficient (Wildman–Crippen LogP) is 2.77. The third-order valence-electron chi connectivity index (χ3n) is 3.24. The molecule has 18 heavy (non-hydrogen) atoms. The molecule has 1 aliphatic heterocycles. The standard InChI is InChI=1S/C13H16ClIN2O/c1-16-8-10-3-2-6-17(10)13(18)11-7-9(14)4-5-12(11)15/h4-5,7,10,16H,2-3,6,8H2,1H3.